The fourth-order valence-corrected chi connectivity index (χ4v) is 2.71. The van der Waals surface area contributed by atoms with Crippen molar-refractivity contribution in [1.82, 2.24) is 0 Å². The van der Waals surface area contributed by atoms with Gasteiger partial charge >= 0.3 is 0 Å². The van der Waals surface area contributed by atoms with Gasteiger partial charge in [-0.25, -0.2) is 4.39 Å². The lowest BCUT2D eigenvalue weighted by atomic mass is 10.0. The zero-order valence-electron chi connectivity index (χ0n) is 11.6. The summed E-state index contributed by atoms with van der Waals surface area (Å²) in [5, 5.41) is 2.85. The van der Waals surface area contributed by atoms with Gasteiger partial charge in [0.1, 0.15) is 5.82 Å². The van der Waals surface area contributed by atoms with Crippen molar-refractivity contribution in [2.24, 2.45) is 0 Å². The Morgan fingerprint density at radius 3 is 2.20 bits per heavy atom. The van der Waals surface area contributed by atoms with Crippen LogP contribution >= 0.6 is 15.9 Å². The maximum Gasteiger partial charge on any atom is 0.255 e. The van der Waals surface area contributed by atoms with Crippen LogP contribution in [0.25, 0.3) is 0 Å². The molecule has 104 valence electrons. The highest BCUT2D eigenvalue weighted by atomic mass is 79.9. The van der Waals surface area contributed by atoms with Crippen molar-refractivity contribution < 1.29 is 9.18 Å². The quantitative estimate of drug-likeness (QED) is 0.841. The Morgan fingerprint density at radius 2 is 1.65 bits per heavy atom. The molecular weight excluding hydrogens is 321 g/mol. The molecule has 2 nitrogen and oxygen atoms in total. The van der Waals surface area contributed by atoms with E-state index in [0.29, 0.717) is 4.47 Å². The molecule has 0 atom stereocenters. The number of hydrogen-bond acceptors (Lipinski definition) is 1. The van der Waals surface area contributed by atoms with E-state index in [2.05, 4.69) is 21.2 Å². The van der Waals surface area contributed by atoms with Crippen molar-refractivity contribution in [3.8, 4) is 0 Å². The smallest absolute Gasteiger partial charge is 0.255 e. The third kappa shape index (κ3) is 3.25. The number of hydrogen-bond donors (Lipinski definition) is 1. The van der Waals surface area contributed by atoms with Gasteiger partial charge in [0, 0.05) is 15.7 Å². The monoisotopic (exact) mass is 335 g/mol. The molecule has 0 aliphatic carbocycles. The van der Waals surface area contributed by atoms with Gasteiger partial charge < -0.3 is 5.32 Å². The van der Waals surface area contributed by atoms with Gasteiger partial charge in [-0.15, -0.1) is 0 Å². The number of benzene rings is 2. The lowest BCUT2D eigenvalue weighted by molar-refractivity contribution is 0.102. The molecule has 0 heterocycles. The number of amides is 1. The molecule has 1 amide bonds. The van der Waals surface area contributed by atoms with Crippen molar-refractivity contribution in [2.75, 3.05) is 5.32 Å². The van der Waals surface area contributed by atoms with Crippen LogP contribution in [0.1, 0.15) is 27.0 Å². The maximum absolute atomic E-state index is 13.3. The zero-order valence-corrected chi connectivity index (χ0v) is 13.1. The number of nitrogens with one attached hydrogen (secondary N) is 1. The second-order valence-corrected chi connectivity index (χ2v) is 5.80. The van der Waals surface area contributed by atoms with Gasteiger partial charge in [-0.1, -0.05) is 33.6 Å². The molecule has 0 fully saturated rings. The Balaban J connectivity index is 2.32. The van der Waals surface area contributed by atoms with Gasteiger partial charge in [-0.05, 0) is 50.1 Å². The molecule has 0 saturated carbocycles. The molecule has 0 saturated heterocycles. The van der Waals surface area contributed by atoms with Crippen LogP contribution in [0, 0.1) is 26.6 Å². The molecule has 0 aliphatic heterocycles. The van der Waals surface area contributed by atoms with Gasteiger partial charge in [-0.2, -0.15) is 0 Å². The summed E-state index contributed by atoms with van der Waals surface area (Å²) in [6.45, 7) is 5.89. The average Bonchev–Trinajstić information content (AvgIpc) is 2.32. The molecule has 0 bridgehead atoms. The van der Waals surface area contributed by atoms with Crippen LogP contribution in [-0.2, 0) is 0 Å². The molecular formula is C16H15BrFNO. The minimum Gasteiger partial charge on any atom is -0.322 e. The number of halogens is 2. The standard InChI is InChI=1S/C16H15BrFNO/c1-9-4-10(2)15(11(3)5-9)19-16(20)12-6-13(17)8-14(18)7-12/h4-8H,1-3H3,(H,19,20). The maximum atomic E-state index is 13.3. The van der Waals surface area contributed by atoms with Gasteiger partial charge in [0.15, 0.2) is 0 Å². The third-order valence-corrected chi connectivity index (χ3v) is 3.50. The minimum atomic E-state index is -0.443. The average molecular weight is 336 g/mol. The SMILES string of the molecule is Cc1cc(C)c(NC(=O)c2cc(F)cc(Br)c2)c(C)c1. The van der Waals surface area contributed by atoms with Crippen molar-refractivity contribution >= 4 is 27.5 Å². The van der Waals surface area contributed by atoms with E-state index in [9.17, 15) is 9.18 Å². The molecule has 0 aliphatic rings. The van der Waals surface area contributed by atoms with Crippen molar-refractivity contribution in [1.29, 1.82) is 0 Å². The third-order valence-electron chi connectivity index (χ3n) is 3.04. The summed E-state index contributed by atoms with van der Waals surface area (Å²) < 4.78 is 13.9. The van der Waals surface area contributed by atoms with Crippen molar-refractivity contribution in [2.45, 2.75) is 20.8 Å². The van der Waals surface area contributed by atoms with Crippen LogP contribution in [-0.4, -0.2) is 5.91 Å². The van der Waals surface area contributed by atoms with E-state index < -0.39 is 5.82 Å². The van der Waals surface area contributed by atoms with E-state index in [0.717, 1.165) is 22.4 Å². The second-order valence-electron chi connectivity index (χ2n) is 4.89. The predicted octanol–water partition coefficient (Wildman–Crippen LogP) is 4.77. The number of carbonyl (C=O) groups is 1. The summed E-state index contributed by atoms with van der Waals surface area (Å²) >= 11 is 3.19. The van der Waals surface area contributed by atoms with Crippen LogP contribution in [0.4, 0.5) is 10.1 Å². The normalized spacial score (nSPS) is 10.4. The van der Waals surface area contributed by atoms with E-state index in [1.54, 1.807) is 6.07 Å². The van der Waals surface area contributed by atoms with Crippen LogP contribution in [0.3, 0.4) is 0 Å². The first-order chi connectivity index (χ1) is 9.36. The van der Waals surface area contributed by atoms with E-state index in [-0.39, 0.29) is 11.5 Å². The molecule has 0 unspecified atom stereocenters. The molecule has 1 N–H and O–H groups in total. The number of anilines is 1. The first-order valence-corrected chi connectivity index (χ1v) is 7.01. The van der Waals surface area contributed by atoms with Gasteiger partial charge in [0.2, 0.25) is 0 Å². The number of aryl methyl sites for hydroxylation is 3. The zero-order chi connectivity index (χ0) is 14.9. The van der Waals surface area contributed by atoms with Gasteiger partial charge in [0.25, 0.3) is 5.91 Å². The highest BCUT2D eigenvalue weighted by Crippen LogP contribution is 2.23. The molecule has 2 rings (SSSR count). The summed E-state index contributed by atoms with van der Waals surface area (Å²) in [6.07, 6.45) is 0. The van der Waals surface area contributed by atoms with E-state index in [1.165, 1.54) is 12.1 Å². The Hall–Kier alpha value is -1.68. The highest BCUT2D eigenvalue weighted by Gasteiger charge is 2.12. The summed E-state index contributed by atoms with van der Waals surface area (Å²) in [7, 11) is 0. The molecule has 4 heteroatoms. The van der Waals surface area contributed by atoms with E-state index >= 15 is 0 Å². The van der Waals surface area contributed by atoms with Crippen molar-refractivity contribution in [3.63, 3.8) is 0 Å². The van der Waals surface area contributed by atoms with Gasteiger partial charge in [0.05, 0.1) is 0 Å². The number of rotatable bonds is 2. The Morgan fingerprint density at radius 1 is 1.05 bits per heavy atom. The number of carbonyl (C=O) groups excluding carboxylic acids is 1. The van der Waals surface area contributed by atoms with Gasteiger partial charge in [-0.3, -0.25) is 4.79 Å². The molecule has 0 aromatic heterocycles. The Kier molecular flexibility index (Phi) is 4.23. The summed E-state index contributed by atoms with van der Waals surface area (Å²) in [6, 6.07) is 8.14. The molecule has 0 radical (unpaired) electrons. The van der Waals surface area contributed by atoms with Crippen LogP contribution < -0.4 is 5.32 Å². The predicted molar refractivity (Wildman–Crippen MR) is 82.7 cm³/mol. The molecule has 2 aromatic carbocycles. The lowest BCUT2D eigenvalue weighted by Gasteiger charge is -2.13. The fourth-order valence-electron chi connectivity index (χ4n) is 2.25. The van der Waals surface area contributed by atoms with Crippen LogP contribution in [0.5, 0.6) is 0 Å². The first-order valence-electron chi connectivity index (χ1n) is 6.22. The van der Waals surface area contributed by atoms with E-state index in [4.69, 9.17) is 0 Å². The minimum absolute atomic E-state index is 0.288. The second kappa shape index (κ2) is 5.75. The van der Waals surface area contributed by atoms with Crippen molar-refractivity contribution in [3.05, 3.63) is 62.9 Å². The van der Waals surface area contributed by atoms with Crippen LogP contribution in [0.15, 0.2) is 34.8 Å². The lowest BCUT2D eigenvalue weighted by Crippen LogP contribution is -2.14. The first kappa shape index (κ1) is 14.7. The van der Waals surface area contributed by atoms with E-state index in [1.807, 2.05) is 32.9 Å². The largest absolute Gasteiger partial charge is 0.322 e. The summed E-state index contributed by atoms with van der Waals surface area (Å²) in [5.74, 6) is -0.762. The molecule has 2 aromatic rings. The Labute approximate surface area is 126 Å². The fraction of sp³-hybridized carbons (Fsp3) is 0.188. The Bertz CT molecular complexity index is 639. The summed E-state index contributed by atoms with van der Waals surface area (Å²) in [4.78, 5) is 12.2. The van der Waals surface area contributed by atoms with Crippen LogP contribution in [0.2, 0.25) is 0 Å². The molecule has 20 heavy (non-hydrogen) atoms. The topological polar surface area (TPSA) is 29.1 Å². The molecule has 0 spiro atoms. The summed E-state index contributed by atoms with van der Waals surface area (Å²) in [5.41, 5.74) is 4.20. The highest BCUT2D eigenvalue weighted by molar-refractivity contribution is 9.10.